The summed E-state index contributed by atoms with van der Waals surface area (Å²) in [6.07, 6.45) is 2.67. The van der Waals surface area contributed by atoms with Gasteiger partial charge in [0, 0.05) is 35.0 Å². The summed E-state index contributed by atoms with van der Waals surface area (Å²) in [4.78, 5) is 27.2. The molecule has 2 heterocycles. The van der Waals surface area contributed by atoms with Crippen LogP contribution in [0.3, 0.4) is 0 Å². The van der Waals surface area contributed by atoms with E-state index in [1.54, 1.807) is 43.5 Å². The molecule has 0 N–H and O–H groups in total. The normalized spacial score (nSPS) is 14.4. The first kappa shape index (κ1) is 26.6. The lowest BCUT2D eigenvalue weighted by Gasteiger charge is -2.31. The average Bonchev–Trinajstić information content (AvgIpc) is 3.34. The highest BCUT2D eigenvalue weighted by atomic mass is 19.1. The third-order valence-corrected chi connectivity index (χ3v) is 7.31. The maximum atomic E-state index is 14.1. The summed E-state index contributed by atoms with van der Waals surface area (Å²) in [5, 5.41) is 5.56. The van der Waals surface area contributed by atoms with Crippen molar-refractivity contribution in [2.75, 3.05) is 33.4 Å². The molecule has 5 rings (SSSR count). The summed E-state index contributed by atoms with van der Waals surface area (Å²) in [6, 6.07) is 18.8. The van der Waals surface area contributed by atoms with E-state index in [2.05, 4.69) is 4.90 Å². The van der Waals surface area contributed by atoms with Gasteiger partial charge in [0.05, 0.1) is 24.9 Å². The van der Waals surface area contributed by atoms with Gasteiger partial charge >= 0.3 is 0 Å². The fourth-order valence-electron chi connectivity index (χ4n) is 5.18. The molecule has 0 amide bonds. The molecule has 3 aromatic carbocycles. The molecule has 1 aliphatic rings. The van der Waals surface area contributed by atoms with Gasteiger partial charge in [-0.15, -0.1) is 0 Å². The van der Waals surface area contributed by atoms with E-state index in [9.17, 15) is 14.0 Å². The zero-order valence-corrected chi connectivity index (χ0v) is 22.2. The number of benzene rings is 3. The molecule has 0 radical (unpaired) electrons. The molecular weight excluding hydrogens is 497 g/mol. The number of aromatic nitrogens is 2. The molecular formula is C31H32FN3O4. The van der Waals surface area contributed by atoms with Crippen LogP contribution in [0, 0.1) is 5.82 Å². The molecule has 0 bridgehead atoms. The predicted octanol–water partition coefficient (Wildman–Crippen LogP) is 5.72. The fourth-order valence-corrected chi connectivity index (χ4v) is 5.18. The minimum atomic E-state index is -0.388. The van der Waals surface area contributed by atoms with Crippen molar-refractivity contribution in [2.24, 2.45) is 0 Å². The van der Waals surface area contributed by atoms with E-state index in [-0.39, 0.29) is 23.4 Å². The number of ether oxygens (including phenoxy) is 2. The van der Waals surface area contributed by atoms with E-state index in [0.29, 0.717) is 34.7 Å². The number of fused-ring (bicyclic) bond motifs is 1. The number of rotatable bonds is 9. The van der Waals surface area contributed by atoms with E-state index in [0.717, 1.165) is 50.0 Å². The van der Waals surface area contributed by atoms with Gasteiger partial charge in [-0.2, -0.15) is 9.78 Å². The van der Waals surface area contributed by atoms with Crippen molar-refractivity contribution in [2.45, 2.75) is 32.1 Å². The number of methoxy groups -OCH3 is 1. The van der Waals surface area contributed by atoms with Crippen LogP contribution in [-0.4, -0.2) is 59.7 Å². The van der Waals surface area contributed by atoms with Crippen molar-refractivity contribution < 1.29 is 23.5 Å². The van der Waals surface area contributed by atoms with Crippen molar-refractivity contribution in [1.82, 2.24) is 14.7 Å². The Kier molecular flexibility index (Phi) is 8.02. The highest BCUT2D eigenvalue weighted by Gasteiger charge is 2.27. The molecule has 1 aromatic heterocycles. The zero-order valence-electron chi connectivity index (χ0n) is 22.2. The number of halogens is 1. The molecule has 1 fully saturated rings. The van der Waals surface area contributed by atoms with Gasteiger partial charge in [-0.3, -0.25) is 9.59 Å². The lowest BCUT2D eigenvalue weighted by atomic mass is 9.91. The van der Waals surface area contributed by atoms with Gasteiger partial charge in [-0.05, 0) is 81.7 Å². The molecule has 1 aliphatic heterocycles. The Morgan fingerprint density at radius 3 is 2.46 bits per heavy atom. The Bertz CT molecular complexity index is 1480. The second-order valence-corrected chi connectivity index (χ2v) is 9.87. The first-order chi connectivity index (χ1) is 18.9. The summed E-state index contributed by atoms with van der Waals surface area (Å²) >= 11 is 0. The number of ketones is 1. The molecule has 4 aromatic rings. The van der Waals surface area contributed by atoms with E-state index >= 15 is 0 Å². The van der Waals surface area contributed by atoms with Crippen molar-refractivity contribution in [3.63, 3.8) is 0 Å². The number of carbonyl (C=O) groups excluding carboxylic acids is 2. The monoisotopic (exact) mass is 529 g/mol. The van der Waals surface area contributed by atoms with Gasteiger partial charge in [0.2, 0.25) is 0 Å². The Hall–Kier alpha value is -4.04. The lowest BCUT2D eigenvalue weighted by molar-refractivity contribution is 0.0948. The first-order valence-electron chi connectivity index (χ1n) is 13.3. The number of hydrogen-bond donors (Lipinski definition) is 0. The number of piperidine rings is 1. The topological polar surface area (TPSA) is 73.7 Å². The van der Waals surface area contributed by atoms with Gasteiger partial charge in [0.15, 0.2) is 17.3 Å². The maximum absolute atomic E-state index is 14.1. The number of hydrogen-bond acceptors (Lipinski definition) is 6. The van der Waals surface area contributed by atoms with Gasteiger partial charge in [0.1, 0.15) is 5.82 Å². The second kappa shape index (κ2) is 11.8. The second-order valence-electron chi connectivity index (χ2n) is 9.87. The Morgan fingerprint density at radius 2 is 1.74 bits per heavy atom. The van der Waals surface area contributed by atoms with Gasteiger partial charge in [-0.25, -0.2) is 4.39 Å². The molecule has 202 valence electrons. The number of likely N-dealkylation sites (tertiary alicyclic amines) is 1. The minimum Gasteiger partial charge on any atom is -0.493 e. The highest BCUT2D eigenvalue weighted by molar-refractivity contribution is 6.01. The van der Waals surface area contributed by atoms with Crippen LogP contribution in [0.2, 0.25) is 0 Å². The van der Waals surface area contributed by atoms with Crippen LogP contribution >= 0.6 is 0 Å². The van der Waals surface area contributed by atoms with Crippen LogP contribution in [0.4, 0.5) is 4.39 Å². The predicted molar refractivity (Wildman–Crippen MR) is 147 cm³/mol. The molecule has 7 nitrogen and oxygen atoms in total. The van der Waals surface area contributed by atoms with Crippen LogP contribution in [0.25, 0.3) is 10.9 Å². The third kappa shape index (κ3) is 5.86. The molecule has 0 saturated carbocycles. The molecule has 8 heteroatoms. The molecule has 1 saturated heterocycles. The van der Waals surface area contributed by atoms with Crippen LogP contribution in [0.15, 0.2) is 66.7 Å². The molecule has 0 spiro atoms. The van der Waals surface area contributed by atoms with E-state index in [1.807, 2.05) is 18.2 Å². The van der Waals surface area contributed by atoms with Crippen molar-refractivity contribution >= 4 is 22.6 Å². The van der Waals surface area contributed by atoms with Crippen LogP contribution < -0.4 is 9.47 Å². The summed E-state index contributed by atoms with van der Waals surface area (Å²) < 4.78 is 26.8. The quantitative estimate of drug-likeness (QED) is 0.204. The van der Waals surface area contributed by atoms with Crippen molar-refractivity contribution in [3.05, 3.63) is 89.4 Å². The third-order valence-electron chi connectivity index (χ3n) is 7.31. The summed E-state index contributed by atoms with van der Waals surface area (Å²) in [5.74, 6) is 0.714. The zero-order chi connectivity index (χ0) is 27.4. The number of nitrogens with zero attached hydrogens (tertiary/aromatic N) is 3. The molecule has 39 heavy (non-hydrogen) atoms. The average molecular weight is 530 g/mol. The molecule has 0 atom stereocenters. The SMILES string of the molecule is COc1cc(C(C)=O)ccc1OCCCN1CCC(c2nn(C(=O)c3ccccc3)c3cc(F)ccc23)CC1. The summed E-state index contributed by atoms with van der Waals surface area (Å²) in [7, 11) is 1.57. The van der Waals surface area contributed by atoms with Crippen LogP contribution in [-0.2, 0) is 0 Å². The highest BCUT2D eigenvalue weighted by Crippen LogP contribution is 2.33. The molecule has 0 unspecified atom stereocenters. The smallest absolute Gasteiger partial charge is 0.278 e. The van der Waals surface area contributed by atoms with E-state index in [1.165, 1.54) is 23.7 Å². The van der Waals surface area contributed by atoms with Crippen molar-refractivity contribution in [1.29, 1.82) is 0 Å². The summed E-state index contributed by atoms with van der Waals surface area (Å²) in [5.41, 5.74) is 2.47. The summed E-state index contributed by atoms with van der Waals surface area (Å²) in [6.45, 7) is 4.77. The first-order valence-corrected chi connectivity index (χ1v) is 13.3. The minimum absolute atomic E-state index is 0.0158. The van der Waals surface area contributed by atoms with Gasteiger partial charge < -0.3 is 14.4 Å². The Labute approximate surface area is 227 Å². The Morgan fingerprint density at radius 1 is 0.974 bits per heavy atom. The number of Topliss-reactive ketones (excluding diaryl/α,β-unsaturated/α-hetero) is 1. The number of carbonyl (C=O) groups is 2. The fraction of sp³-hybridized carbons (Fsp3) is 0.323. The maximum Gasteiger partial charge on any atom is 0.278 e. The lowest BCUT2D eigenvalue weighted by Crippen LogP contribution is -2.34. The van der Waals surface area contributed by atoms with Crippen molar-refractivity contribution in [3.8, 4) is 11.5 Å². The Balaban J connectivity index is 1.19. The van der Waals surface area contributed by atoms with Crippen LogP contribution in [0.1, 0.15) is 58.5 Å². The standard InChI is InChI=1S/C31H32FN3O4/c1-21(36)24-9-12-28(29(19-24)38-2)39-18-6-15-34-16-13-22(14-17-34)30-26-11-10-25(32)20-27(26)35(33-30)31(37)23-7-4-3-5-8-23/h3-5,7-12,19-20,22H,6,13-18H2,1-2H3. The van der Waals surface area contributed by atoms with E-state index < -0.39 is 0 Å². The largest absolute Gasteiger partial charge is 0.493 e. The molecule has 0 aliphatic carbocycles. The van der Waals surface area contributed by atoms with Gasteiger partial charge in [-0.1, -0.05) is 18.2 Å². The van der Waals surface area contributed by atoms with Crippen LogP contribution in [0.5, 0.6) is 11.5 Å². The van der Waals surface area contributed by atoms with Gasteiger partial charge in [0.25, 0.3) is 5.91 Å². The van der Waals surface area contributed by atoms with E-state index in [4.69, 9.17) is 14.6 Å².